The molecule has 0 atom stereocenters. The van der Waals surface area contributed by atoms with Gasteiger partial charge in [0.25, 0.3) is 5.97 Å². The van der Waals surface area contributed by atoms with E-state index in [2.05, 4.69) is 9.97 Å². The lowest BCUT2D eigenvalue weighted by Crippen LogP contribution is -1.78. The Morgan fingerprint density at radius 3 is 1.75 bits per heavy atom. The first-order valence-electron chi connectivity index (χ1n) is 2.63. The number of nitrogens with zero attached hydrogens (tertiary/aromatic N) is 2. The van der Waals surface area contributed by atoms with E-state index in [1.807, 2.05) is 0 Å². The number of carboxylic acid groups (broad SMARTS) is 1. The number of hydrogen-bond acceptors (Lipinski definition) is 3. The Labute approximate surface area is 86.3 Å². The van der Waals surface area contributed by atoms with Gasteiger partial charge in [0.1, 0.15) is 6.33 Å². The van der Waals surface area contributed by atoms with Crippen molar-refractivity contribution in [1.29, 1.82) is 0 Å². The Hall–Kier alpha value is -0.724. The summed E-state index contributed by atoms with van der Waals surface area (Å²) in [6.07, 6.45) is 4.88. The van der Waals surface area contributed by atoms with Crippen LogP contribution in [0.2, 0.25) is 0 Å². The smallest absolute Gasteiger partial charge is 0.316 e. The maximum atomic E-state index is 9.00. The molecule has 1 heterocycles. The van der Waals surface area contributed by atoms with Gasteiger partial charge in [-0.05, 0) is 6.07 Å². The van der Waals surface area contributed by atoms with E-state index >= 15 is 0 Å². The Morgan fingerprint density at radius 1 is 1.33 bits per heavy atom. The molecule has 0 aliphatic carbocycles. The van der Waals surface area contributed by atoms with Crippen molar-refractivity contribution in [3.63, 3.8) is 0 Å². The molecule has 0 aromatic carbocycles. The maximum absolute atomic E-state index is 9.00. The van der Waals surface area contributed by atoms with Crippen molar-refractivity contribution in [1.82, 2.24) is 9.97 Å². The number of aromatic nitrogens is 2. The van der Waals surface area contributed by atoms with Crippen LogP contribution in [0.15, 0.2) is 24.8 Å². The lowest BCUT2D eigenvalue weighted by Gasteiger charge is -1.70. The van der Waals surface area contributed by atoms with Gasteiger partial charge in [-0.3, -0.25) is 4.79 Å². The molecule has 6 heteroatoms. The molecule has 0 saturated heterocycles. The summed E-state index contributed by atoms with van der Waals surface area (Å²) in [7, 11) is 0. The summed E-state index contributed by atoms with van der Waals surface area (Å²) < 4.78 is 0. The minimum absolute atomic E-state index is 0. The summed E-state index contributed by atoms with van der Waals surface area (Å²) in [4.78, 5) is 16.3. The summed E-state index contributed by atoms with van der Waals surface area (Å²) in [5, 5.41) is 7.42. The molecule has 5 nitrogen and oxygen atoms in total. The molecule has 0 radical (unpaired) electrons. The topological polar surface area (TPSA) is 94.6 Å². The van der Waals surface area contributed by atoms with Crippen LogP contribution >= 0.6 is 0 Å². The SMILES string of the molecule is CC(=O)O.O.[MgH2].c1cncnc1. The molecule has 1 aromatic heterocycles. The van der Waals surface area contributed by atoms with Crippen LogP contribution in [0.1, 0.15) is 6.92 Å². The summed E-state index contributed by atoms with van der Waals surface area (Å²) in [5.74, 6) is -0.833. The molecule has 0 aliphatic heterocycles. The summed E-state index contributed by atoms with van der Waals surface area (Å²) in [5.41, 5.74) is 0. The predicted molar refractivity (Wildman–Crippen MR) is 47.5 cm³/mol. The highest BCUT2D eigenvalue weighted by Crippen LogP contribution is 1.66. The molecule has 0 aliphatic rings. The summed E-state index contributed by atoms with van der Waals surface area (Å²) >= 11 is 0. The number of hydrogen-bond donors (Lipinski definition) is 1. The van der Waals surface area contributed by atoms with Crippen molar-refractivity contribution in [3.05, 3.63) is 24.8 Å². The third-order valence-electron chi connectivity index (χ3n) is 0.478. The summed E-state index contributed by atoms with van der Waals surface area (Å²) in [6.45, 7) is 1.08. The van der Waals surface area contributed by atoms with Gasteiger partial charge < -0.3 is 10.6 Å². The van der Waals surface area contributed by atoms with Crippen molar-refractivity contribution in [3.8, 4) is 0 Å². The molecule has 0 unspecified atom stereocenters. The van der Waals surface area contributed by atoms with Crippen molar-refractivity contribution in [2.75, 3.05) is 0 Å². The highest BCUT2D eigenvalue weighted by molar-refractivity contribution is 5.75. The largest absolute Gasteiger partial charge is 0.481 e. The van der Waals surface area contributed by atoms with Crippen LogP contribution in [0, 0.1) is 0 Å². The quantitative estimate of drug-likeness (QED) is 0.514. The van der Waals surface area contributed by atoms with Crippen molar-refractivity contribution < 1.29 is 15.4 Å². The average Bonchev–Trinajstić information content (AvgIpc) is 1.90. The van der Waals surface area contributed by atoms with E-state index in [0.29, 0.717) is 0 Å². The lowest BCUT2D eigenvalue weighted by atomic mass is 10.7. The first-order chi connectivity index (χ1) is 4.73. The molecule has 0 bridgehead atoms. The van der Waals surface area contributed by atoms with E-state index in [-0.39, 0.29) is 28.5 Å². The average molecular weight is 184 g/mol. The highest BCUT2D eigenvalue weighted by Gasteiger charge is 1.65. The van der Waals surface area contributed by atoms with E-state index in [4.69, 9.17) is 9.90 Å². The van der Waals surface area contributed by atoms with Crippen molar-refractivity contribution in [2.24, 2.45) is 0 Å². The van der Waals surface area contributed by atoms with Crippen LogP contribution in [-0.4, -0.2) is 49.6 Å². The van der Waals surface area contributed by atoms with E-state index in [9.17, 15) is 0 Å². The van der Waals surface area contributed by atoms with E-state index in [1.54, 1.807) is 18.5 Å². The molecule has 12 heavy (non-hydrogen) atoms. The van der Waals surface area contributed by atoms with Crippen molar-refractivity contribution >= 4 is 29.0 Å². The van der Waals surface area contributed by atoms with Crippen LogP contribution in [-0.2, 0) is 4.79 Å². The molecule has 0 amide bonds. The maximum Gasteiger partial charge on any atom is 0.316 e. The van der Waals surface area contributed by atoms with E-state index in [0.717, 1.165) is 6.92 Å². The fourth-order valence-electron chi connectivity index (χ4n) is 0.253. The highest BCUT2D eigenvalue weighted by atomic mass is 24.3. The zero-order chi connectivity index (χ0) is 7.82. The molecule has 0 fully saturated rings. The van der Waals surface area contributed by atoms with Gasteiger partial charge in [0, 0.05) is 19.3 Å². The Bertz CT molecular complexity index is 153. The zero-order valence-electron chi connectivity index (χ0n) is 6.06. The standard InChI is InChI=1S/C4H4N2.C2H4O2.Mg.H2O.2H/c1-2-5-4-6-3-1;1-2(3)4;;;;/h1-4H;1H3,(H,3,4);;1H2;;. The minimum atomic E-state index is -0.833. The molecule has 1 rings (SSSR count). The lowest BCUT2D eigenvalue weighted by molar-refractivity contribution is -0.134. The normalized spacial score (nSPS) is 6.08. The van der Waals surface area contributed by atoms with Crippen LogP contribution in [0.5, 0.6) is 0 Å². The van der Waals surface area contributed by atoms with Gasteiger partial charge >= 0.3 is 23.1 Å². The number of carbonyl (C=O) groups is 1. The van der Waals surface area contributed by atoms with Crippen LogP contribution in [0.3, 0.4) is 0 Å². The van der Waals surface area contributed by atoms with Gasteiger partial charge in [-0.25, -0.2) is 9.97 Å². The third kappa shape index (κ3) is 22.8. The second-order valence-corrected chi connectivity index (χ2v) is 1.42. The second kappa shape index (κ2) is 12.9. The number of carboxylic acids is 1. The van der Waals surface area contributed by atoms with E-state index in [1.165, 1.54) is 6.33 Å². The second-order valence-electron chi connectivity index (χ2n) is 1.42. The zero-order valence-corrected chi connectivity index (χ0v) is 6.06. The van der Waals surface area contributed by atoms with Gasteiger partial charge in [-0.2, -0.15) is 0 Å². The van der Waals surface area contributed by atoms with Gasteiger partial charge in [-0.1, -0.05) is 0 Å². The minimum Gasteiger partial charge on any atom is -0.481 e. The van der Waals surface area contributed by atoms with Crippen LogP contribution in [0.25, 0.3) is 0 Å². The molecule has 1 aromatic rings. The fraction of sp³-hybridized carbons (Fsp3) is 0.167. The van der Waals surface area contributed by atoms with Gasteiger partial charge in [0.15, 0.2) is 0 Å². The molecular formula is C6H12MgN2O3. The van der Waals surface area contributed by atoms with Crippen LogP contribution in [0.4, 0.5) is 0 Å². The first-order valence-corrected chi connectivity index (χ1v) is 2.63. The monoisotopic (exact) mass is 184 g/mol. The van der Waals surface area contributed by atoms with E-state index < -0.39 is 5.97 Å². The fourth-order valence-corrected chi connectivity index (χ4v) is 0.253. The first kappa shape index (κ1) is 17.4. The van der Waals surface area contributed by atoms with Gasteiger partial charge in [-0.15, -0.1) is 0 Å². The Balaban J connectivity index is -0.000000124. The number of aliphatic carboxylic acids is 1. The Kier molecular flexibility index (Phi) is 18.7. The molecule has 66 valence electrons. The predicted octanol–water partition coefficient (Wildman–Crippen LogP) is -1.17. The third-order valence-corrected chi connectivity index (χ3v) is 0.478. The van der Waals surface area contributed by atoms with Crippen molar-refractivity contribution in [2.45, 2.75) is 6.92 Å². The van der Waals surface area contributed by atoms with Gasteiger partial charge in [0.05, 0.1) is 0 Å². The summed E-state index contributed by atoms with van der Waals surface area (Å²) in [6, 6.07) is 1.78. The Morgan fingerprint density at radius 2 is 1.67 bits per heavy atom. The number of rotatable bonds is 0. The molecule has 3 N–H and O–H groups in total. The molecule has 0 saturated carbocycles. The van der Waals surface area contributed by atoms with Gasteiger partial charge in [0.2, 0.25) is 0 Å². The van der Waals surface area contributed by atoms with Crippen LogP contribution < -0.4 is 0 Å². The molecular weight excluding hydrogens is 172 g/mol. The molecule has 0 spiro atoms.